The summed E-state index contributed by atoms with van der Waals surface area (Å²) in [5.74, 6) is 0. The fraction of sp³-hybridized carbons (Fsp3) is 0.727. The van der Waals surface area contributed by atoms with Gasteiger partial charge in [-0.1, -0.05) is 19.6 Å². The second-order valence-corrected chi connectivity index (χ2v) is 11.2. The number of hydrogen-bond donors (Lipinski definition) is 0. The molecule has 0 spiro atoms. The normalized spacial score (nSPS) is 13.1. The lowest BCUT2D eigenvalue weighted by Gasteiger charge is -2.15. The molecule has 18 heavy (non-hydrogen) atoms. The average Bonchev–Trinajstić information content (AvgIpc) is 2.52. The van der Waals surface area contributed by atoms with Crippen LogP contribution < -0.4 is 0 Å². The van der Waals surface area contributed by atoms with Gasteiger partial charge in [0.05, 0.1) is 0 Å². The average molecular weight is 280 g/mol. The van der Waals surface area contributed by atoms with Crippen molar-refractivity contribution < 1.29 is 17.9 Å². The fourth-order valence-electron chi connectivity index (χ4n) is 1.40. The summed E-state index contributed by atoms with van der Waals surface area (Å²) in [6, 6.07) is 0.985. The maximum Gasteiger partial charge on any atom is 0.435 e. The van der Waals surface area contributed by atoms with Gasteiger partial charge < -0.3 is 4.74 Å². The molecular weight excluding hydrogens is 261 g/mol. The minimum atomic E-state index is -4.40. The zero-order chi connectivity index (χ0) is 14.0. The van der Waals surface area contributed by atoms with Crippen LogP contribution in [0.25, 0.3) is 0 Å². The Labute approximate surface area is 106 Å². The Kier molecular flexibility index (Phi) is 4.60. The number of rotatable bonds is 5. The van der Waals surface area contributed by atoms with Crippen molar-refractivity contribution >= 4 is 8.07 Å². The van der Waals surface area contributed by atoms with E-state index in [1.807, 2.05) is 0 Å². The van der Waals surface area contributed by atoms with Gasteiger partial charge in [-0.3, -0.25) is 0 Å². The number of nitrogens with zero attached hydrogens (tertiary/aromatic N) is 2. The van der Waals surface area contributed by atoms with E-state index >= 15 is 0 Å². The van der Waals surface area contributed by atoms with Crippen molar-refractivity contribution in [2.45, 2.75) is 45.5 Å². The van der Waals surface area contributed by atoms with Crippen molar-refractivity contribution in [1.82, 2.24) is 9.78 Å². The maximum atomic E-state index is 12.5. The molecule has 1 aromatic rings. The molecule has 104 valence electrons. The molecule has 0 atom stereocenters. The summed E-state index contributed by atoms with van der Waals surface area (Å²) >= 11 is 0. The van der Waals surface area contributed by atoms with Crippen LogP contribution in [0.15, 0.2) is 6.20 Å². The van der Waals surface area contributed by atoms with Crippen LogP contribution in [0, 0.1) is 6.92 Å². The van der Waals surface area contributed by atoms with E-state index in [9.17, 15) is 13.2 Å². The summed E-state index contributed by atoms with van der Waals surface area (Å²) in [4.78, 5) is 0. The molecule has 0 saturated carbocycles. The third-order valence-electron chi connectivity index (χ3n) is 2.43. The Hall–Kier alpha value is -0.823. The molecule has 0 unspecified atom stereocenters. The molecular formula is C11H19F3N2OSi. The van der Waals surface area contributed by atoms with Gasteiger partial charge in [-0.25, -0.2) is 4.68 Å². The van der Waals surface area contributed by atoms with Crippen LogP contribution in [-0.4, -0.2) is 24.5 Å². The van der Waals surface area contributed by atoms with E-state index in [0.717, 1.165) is 6.04 Å². The lowest BCUT2D eigenvalue weighted by Crippen LogP contribution is -2.22. The summed E-state index contributed by atoms with van der Waals surface area (Å²) in [6.07, 6.45) is -3.04. The zero-order valence-electron chi connectivity index (χ0n) is 11.1. The van der Waals surface area contributed by atoms with Gasteiger partial charge in [0, 0.05) is 20.9 Å². The maximum absolute atomic E-state index is 12.5. The first kappa shape index (κ1) is 15.2. The predicted octanol–water partition coefficient (Wildman–Crippen LogP) is 3.52. The van der Waals surface area contributed by atoms with Gasteiger partial charge in [-0.2, -0.15) is 18.3 Å². The number of ether oxygens (including phenoxy) is 1. The Morgan fingerprint density at radius 3 is 2.39 bits per heavy atom. The Bertz CT molecular complexity index is 396. The van der Waals surface area contributed by atoms with Crippen molar-refractivity contribution in [3.8, 4) is 0 Å². The summed E-state index contributed by atoms with van der Waals surface area (Å²) in [6.45, 7) is 8.69. The highest BCUT2D eigenvalue weighted by molar-refractivity contribution is 6.76. The molecule has 0 aliphatic heterocycles. The van der Waals surface area contributed by atoms with Gasteiger partial charge in [0.1, 0.15) is 6.73 Å². The standard InChI is InChI=1S/C11H19F3N2OSi/c1-9-7-16(15-10(9)11(12,13)14)8-17-5-6-18(2,3)4/h7H,5-6,8H2,1-4H3. The molecule has 0 aliphatic rings. The number of alkyl halides is 3. The van der Waals surface area contributed by atoms with E-state index in [2.05, 4.69) is 24.7 Å². The van der Waals surface area contributed by atoms with Crippen LogP contribution in [0.5, 0.6) is 0 Å². The Balaban J connectivity index is 2.50. The third-order valence-corrected chi connectivity index (χ3v) is 4.14. The highest BCUT2D eigenvalue weighted by Gasteiger charge is 2.35. The number of halogens is 3. The lowest BCUT2D eigenvalue weighted by atomic mass is 10.3. The monoisotopic (exact) mass is 280 g/mol. The second-order valence-electron chi connectivity index (χ2n) is 5.55. The van der Waals surface area contributed by atoms with Crippen molar-refractivity contribution in [2.24, 2.45) is 0 Å². The van der Waals surface area contributed by atoms with E-state index in [1.165, 1.54) is 17.8 Å². The van der Waals surface area contributed by atoms with Crippen LogP contribution in [0.2, 0.25) is 25.7 Å². The summed E-state index contributed by atoms with van der Waals surface area (Å²) in [5.41, 5.74) is -0.715. The molecule has 1 heterocycles. The van der Waals surface area contributed by atoms with E-state index in [-0.39, 0.29) is 12.3 Å². The van der Waals surface area contributed by atoms with Gasteiger partial charge in [-0.05, 0) is 18.5 Å². The molecule has 7 heteroatoms. The van der Waals surface area contributed by atoms with Crippen LogP contribution in [0.3, 0.4) is 0 Å². The SMILES string of the molecule is Cc1cn(COCC[Si](C)(C)C)nc1C(F)(F)F. The second kappa shape index (κ2) is 5.44. The van der Waals surface area contributed by atoms with E-state index < -0.39 is 19.9 Å². The lowest BCUT2D eigenvalue weighted by molar-refractivity contribution is -0.142. The fourth-order valence-corrected chi connectivity index (χ4v) is 2.16. The Morgan fingerprint density at radius 1 is 1.33 bits per heavy atom. The topological polar surface area (TPSA) is 27.1 Å². The third kappa shape index (κ3) is 4.81. The molecule has 1 aromatic heterocycles. The summed E-state index contributed by atoms with van der Waals surface area (Å²) in [5, 5.41) is 3.49. The molecule has 0 amide bonds. The highest BCUT2D eigenvalue weighted by Crippen LogP contribution is 2.30. The van der Waals surface area contributed by atoms with Crippen LogP contribution in [-0.2, 0) is 17.6 Å². The van der Waals surface area contributed by atoms with E-state index in [1.54, 1.807) is 0 Å². The highest BCUT2D eigenvalue weighted by atomic mass is 28.3. The molecule has 0 radical (unpaired) electrons. The van der Waals surface area contributed by atoms with Gasteiger partial charge in [-0.15, -0.1) is 0 Å². The van der Waals surface area contributed by atoms with Crippen molar-refractivity contribution in [2.75, 3.05) is 6.61 Å². The summed E-state index contributed by atoms with van der Waals surface area (Å²) in [7, 11) is -1.17. The van der Waals surface area contributed by atoms with Gasteiger partial charge in [0.2, 0.25) is 0 Å². The van der Waals surface area contributed by atoms with Crippen molar-refractivity contribution in [3.63, 3.8) is 0 Å². The van der Waals surface area contributed by atoms with Crippen molar-refractivity contribution in [1.29, 1.82) is 0 Å². The largest absolute Gasteiger partial charge is 0.435 e. The number of aryl methyl sites for hydroxylation is 1. The smallest absolute Gasteiger partial charge is 0.360 e. The summed E-state index contributed by atoms with van der Waals surface area (Å²) < 4.78 is 44.0. The van der Waals surface area contributed by atoms with Gasteiger partial charge in [0.25, 0.3) is 0 Å². The van der Waals surface area contributed by atoms with Gasteiger partial charge in [0.15, 0.2) is 5.69 Å². The predicted molar refractivity (Wildman–Crippen MR) is 66.1 cm³/mol. The van der Waals surface area contributed by atoms with Crippen LogP contribution >= 0.6 is 0 Å². The van der Waals surface area contributed by atoms with Crippen LogP contribution in [0.1, 0.15) is 11.3 Å². The first-order valence-electron chi connectivity index (χ1n) is 5.78. The van der Waals surface area contributed by atoms with E-state index in [4.69, 9.17) is 4.74 Å². The molecule has 3 nitrogen and oxygen atoms in total. The molecule has 0 fully saturated rings. The number of aromatic nitrogens is 2. The minimum Gasteiger partial charge on any atom is -0.360 e. The molecule has 1 rings (SSSR count). The molecule has 0 bridgehead atoms. The van der Waals surface area contributed by atoms with Crippen molar-refractivity contribution in [3.05, 3.63) is 17.5 Å². The number of hydrogen-bond acceptors (Lipinski definition) is 2. The van der Waals surface area contributed by atoms with Crippen LogP contribution in [0.4, 0.5) is 13.2 Å². The first-order chi connectivity index (χ1) is 8.09. The minimum absolute atomic E-state index is 0.0708. The Morgan fingerprint density at radius 2 is 1.94 bits per heavy atom. The van der Waals surface area contributed by atoms with Gasteiger partial charge >= 0.3 is 6.18 Å². The molecule has 0 aliphatic carbocycles. The van der Waals surface area contributed by atoms with E-state index in [0.29, 0.717) is 6.61 Å². The molecule has 0 aromatic carbocycles. The quantitative estimate of drug-likeness (QED) is 0.609. The zero-order valence-corrected chi connectivity index (χ0v) is 12.1. The molecule has 0 saturated heterocycles. The first-order valence-corrected chi connectivity index (χ1v) is 9.49. The molecule has 0 N–H and O–H groups in total.